The Hall–Kier alpha value is -3.22. The van der Waals surface area contributed by atoms with E-state index < -0.39 is 23.4 Å². The number of carbonyl (C=O) groups excluding carboxylic acids is 2. The third-order valence-electron chi connectivity index (χ3n) is 5.86. The van der Waals surface area contributed by atoms with E-state index in [9.17, 15) is 18.4 Å². The Morgan fingerprint density at radius 3 is 2.19 bits per heavy atom. The second kappa shape index (κ2) is 8.73. The fourth-order valence-electron chi connectivity index (χ4n) is 4.66. The number of ether oxygens (including phenoxy) is 1. The zero-order valence-electron chi connectivity index (χ0n) is 18.4. The van der Waals surface area contributed by atoms with Crippen molar-refractivity contribution in [2.45, 2.75) is 27.2 Å². The summed E-state index contributed by atoms with van der Waals surface area (Å²) in [6.45, 7) is 7.92. The first-order valence-electron chi connectivity index (χ1n) is 10.9. The second-order valence-corrected chi connectivity index (χ2v) is 8.58. The van der Waals surface area contributed by atoms with Gasteiger partial charge < -0.3 is 9.64 Å². The first-order valence-corrected chi connectivity index (χ1v) is 10.9. The molecular weight excluding hydrogens is 414 g/mol. The fraction of sp³-hybridized carbons (Fsp3) is 0.360. The Morgan fingerprint density at radius 1 is 0.938 bits per heavy atom. The largest absolute Gasteiger partial charge is 0.494 e. The molecule has 168 valence electrons. The molecule has 5 nitrogen and oxygen atoms in total. The number of hydrogen-bond donors (Lipinski definition) is 0. The Bertz CT molecular complexity index is 1070. The van der Waals surface area contributed by atoms with Crippen molar-refractivity contribution in [3.8, 4) is 5.75 Å². The molecule has 0 saturated carbocycles. The van der Waals surface area contributed by atoms with Crippen LogP contribution in [-0.4, -0.2) is 36.4 Å². The lowest BCUT2D eigenvalue weighted by Gasteiger charge is -2.37. The number of hydrogen-bond acceptors (Lipinski definition) is 4. The average Bonchev–Trinajstić information content (AvgIpc) is 3.00. The monoisotopic (exact) mass is 440 g/mol. The van der Waals surface area contributed by atoms with Gasteiger partial charge >= 0.3 is 0 Å². The molecule has 0 spiro atoms. The molecule has 1 fully saturated rings. The third-order valence-corrected chi connectivity index (χ3v) is 5.86. The van der Waals surface area contributed by atoms with Gasteiger partial charge in [0.15, 0.2) is 11.6 Å². The van der Waals surface area contributed by atoms with Crippen molar-refractivity contribution in [1.29, 1.82) is 0 Å². The molecular formula is C25H26F2N2O3. The smallest absolute Gasteiger partial charge is 0.282 e. The fourth-order valence-corrected chi connectivity index (χ4v) is 4.66. The Balaban J connectivity index is 1.81. The third kappa shape index (κ3) is 3.99. The molecule has 2 aliphatic rings. The van der Waals surface area contributed by atoms with E-state index in [4.69, 9.17) is 4.74 Å². The summed E-state index contributed by atoms with van der Waals surface area (Å²) in [6, 6.07) is 10.0. The molecule has 2 unspecified atom stereocenters. The van der Waals surface area contributed by atoms with Gasteiger partial charge in [0.1, 0.15) is 11.4 Å². The van der Waals surface area contributed by atoms with Gasteiger partial charge in [-0.15, -0.1) is 0 Å². The minimum Gasteiger partial charge on any atom is -0.494 e. The van der Waals surface area contributed by atoms with Crippen molar-refractivity contribution in [1.82, 2.24) is 4.90 Å². The van der Waals surface area contributed by atoms with E-state index in [1.165, 1.54) is 6.07 Å². The van der Waals surface area contributed by atoms with E-state index in [1.54, 1.807) is 24.3 Å². The molecule has 2 aromatic carbocycles. The molecule has 2 aromatic rings. The van der Waals surface area contributed by atoms with Crippen LogP contribution in [0.3, 0.4) is 0 Å². The molecule has 0 bridgehead atoms. The van der Waals surface area contributed by atoms with Crippen molar-refractivity contribution in [2.75, 3.05) is 24.6 Å². The maximum absolute atomic E-state index is 13.9. The van der Waals surface area contributed by atoms with Gasteiger partial charge in [0.25, 0.3) is 11.8 Å². The van der Waals surface area contributed by atoms with Gasteiger partial charge in [-0.3, -0.25) is 9.59 Å². The topological polar surface area (TPSA) is 49.9 Å². The van der Waals surface area contributed by atoms with E-state index in [-0.39, 0.29) is 11.3 Å². The zero-order chi connectivity index (χ0) is 23.0. The van der Waals surface area contributed by atoms with Crippen molar-refractivity contribution in [2.24, 2.45) is 11.8 Å². The van der Waals surface area contributed by atoms with Crippen LogP contribution in [0.25, 0.3) is 5.57 Å². The zero-order valence-corrected chi connectivity index (χ0v) is 18.4. The quantitative estimate of drug-likeness (QED) is 0.637. The predicted molar refractivity (Wildman–Crippen MR) is 118 cm³/mol. The van der Waals surface area contributed by atoms with E-state index in [2.05, 4.69) is 13.8 Å². The number of rotatable bonds is 5. The molecule has 7 heteroatoms. The van der Waals surface area contributed by atoms with Gasteiger partial charge in [-0.05, 0) is 55.0 Å². The SMILES string of the molecule is CCOc1ccc(C2=C(N3CC(C)CC(C)C3)C(=O)N(c3ccc(F)c(F)c3)C2=O)cc1. The van der Waals surface area contributed by atoms with Crippen LogP contribution in [0, 0.1) is 23.5 Å². The summed E-state index contributed by atoms with van der Waals surface area (Å²) in [5.74, 6) is -1.85. The second-order valence-electron chi connectivity index (χ2n) is 8.58. The minimum absolute atomic E-state index is 0.00967. The molecule has 2 heterocycles. The molecule has 2 amide bonds. The van der Waals surface area contributed by atoms with Crippen LogP contribution in [0.2, 0.25) is 0 Å². The number of likely N-dealkylation sites (tertiary alicyclic amines) is 1. The molecule has 0 N–H and O–H groups in total. The summed E-state index contributed by atoms with van der Waals surface area (Å²) in [5, 5.41) is 0. The van der Waals surface area contributed by atoms with Crippen LogP contribution in [0.5, 0.6) is 5.75 Å². The number of imide groups is 1. The highest BCUT2D eigenvalue weighted by atomic mass is 19.2. The lowest BCUT2D eigenvalue weighted by atomic mass is 9.91. The molecule has 32 heavy (non-hydrogen) atoms. The van der Waals surface area contributed by atoms with E-state index in [0.29, 0.717) is 48.5 Å². The lowest BCUT2D eigenvalue weighted by molar-refractivity contribution is -0.120. The van der Waals surface area contributed by atoms with Crippen molar-refractivity contribution < 1.29 is 23.1 Å². The van der Waals surface area contributed by atoms with Gasteiger partial charge in [-0.1, -0.05) is 26.0 Å². The van der Waals surface area contributed by atoms with Gasteiger partial charge in [-0.25, -0.2) is 13.7 Å². The van der Waals surface area contributed by atoms with Gasteiger partial charge in [0, 0.05) is 19.2 Å². The van der Waals surface area contributed by atoms with Gasteiger partial charge in [0.05, 0.1) is 17.9 Å². The van der Waals surface area contributed by atoms with E-state index >= 15 is 0 Å². The highest BCUT2D eigenvalue weighted by molar-refractivity contribution is 6.45. The van der Waals surface area contributed by atoms with Crippen LogP contribution in [-0.2, 0) is 9.59 Å². The summed E-state index contributed by atoms with van der Waals surface area (Å²) < 4.78 is 32.9. The first-order chi connectivity index (χ1) is 15.3. The minimum atomic E-state index is -1.11. The molecule has 1 saturated heterocycles. The number of piperidine rings is 1. The number of benzene rings is 2. The number of amides is 2. The Morgan fingerprint density at radius 2 is 1.59 bits per heavy atom. The summed E-state index contributed by atoms with van der Waals surface area (Å²) >= 11 is 0. The summed E-state index contributed by atoms with van der Waals surface area (Å²) in [5.41, 5.74) is 1.17. The van der Waals surface area contributed by atoms with Crippen LogP contribution in [0.15, 0.2) is 48.2 Å². The lowest BCUT2D eigenvalue weighted by Crippen LogP contribution is -2.42. The molecule has 0 radical (unpaired) electrons. The summed E-state index contributed by atoms with van der Waals surface area (Å²) in [7, 11) is 0. The number of halogens is 2. The molecule has 2 atom stereocenters. The highest BCUT2D eigenvalue weighted by Crippen LogP contribution is 2.38. The van der Waals surface area contributed by atoms with Crippen molar-refractivity contribution in [3.63, 3.8) is 0 Å². The van der Waals surface area contributed by atoms with Crippen LogP contribution in [0.4, 0.5) is 14.5 Å². The van der Waals surface area contributed by atoms with Crippen LogP contribution in [0.1, 0.15) is 32.8 Å². The van der Waals surface area contributed by atoms with Crippen LogP contribution >= 0.6 is 0 Å². The van der Waals surface area contributed by atoms with E-state index in [0.717, 1.165) is 23.5 Å². The van der Waals surface area contributed by atoms with Gasteiger partial charge in [0.2, 0.25) is 0 Å². The average molecular weight is 440 g/mol. The Kier molecular flexibility index (Phi) is 6.00. The summed E-state index contributed by atoms with van der Waals surface area (Å²) in [6.07, 6.45) is 1.04. The number of carbonyl (C=O) groups is 2. The Labute approximate surface area is 186 Å². The normalized spacial score (nSPS) is 21.5. The molecule has 4 rings (SSSR count). The van der Waals surface area contributed by atoms with Crippen molar-refractivity contribution in [3.05, 3.63) is 65.4 Å². The molecule has 0 aliphatic carbocycles. The molecule has 0 aromatic heterocycles. The maximum atomic E-state index is 13.9. The number of nitrogens with zero attached hydrogens (tertiary/aromatic N) is 2. The molecule has 2 aliphatic heterocycles. The van der Waals surface area contributed by atoms with Crippen LogP contribution < -0.4 is 9.64 Å². The van der Waals surface area contributed by atoms with Crippen molar-refractivity contribution >= 4 is 23.1 Å². The first kappa shape index (κ1) is 22.0. The number of anilines is 1. The maximum Gasteiger partial charge on any atom is 0.282 e. The van der Waals surface area contributed by atoms with E-state index in [1.807, 2.05) is 11.8 Å². The van der Waals surface area contributed by atoms with Gasteiger partial charge in [-0.2, -0.15) is 0 Å². The standard InChI is InChI=1S/C25H26F2N2O3/c1-4-32-19-8-5-17(6-9-19)22-23(28-13-15(2)11-16(3)14-28)25(31)29(24(22)30)18-7-10-20(26)21(27)12-18/h5-10,12,15-16H,4,11,13-14H2,1-3H3. The highest BCUT2D eigenvalue weighted by Gasteiger charge is 2.43. The predicted octanol–water partition coefficient (Wildman–Crippen LogP) is 4.63. The summed E-state index contributed by atoms with van der Waals surface area (Å²) in [4.78, 5) is 30.0.